The summed E-state index contributed by atoms with van der Waals surface area (Å²) in [6.45, 7) is 4.50. The Balaban J connectivity index is 2.22. The molecule has 0 radical (unpaired) electrons. The predicted molar refractivity (Wildman–Crippen MR) is 69.8 cm³/mol. The summed E-state index contributed by atoms with van der Waals surface area (Å²) in [6, 6.07) is 2.15. The largest absolute Gasteiger partial charge is 0.469 e. The van der Waals surface area contributed by atoms with Gasteiger partial charge in [-0.2, -0.15) is 0 Å². The Kier molecular flexibility index (Phi) is 7.03. The molecule has 0 spiro atoms. The van der Waals surface area contributed by atoms with Gasteiger partial charge in [0.25, 0.3) is 0 Å². The molecule has 0 atom stereocenters. The topological polar surface area (TPSA) is 13.1 Å². The van der Waals surface area contributed by atoms with Crippen LogP contribution in [0.3, 0.4) is 0 Å². The Bertz CT molecular complexity index is 262. The lowest BCUT2D eigenvalue weighted by Crippen LogP contribution is -1.90. The van der Waals surface area contributed by atoms with Gasteiger partial charge in [-0.25, -0.2) is 0 Å². The van der Waals surface area contributed by atoms with E-state index in [1.807, 2.05) is 6.26 Å². The third-order valence-electron chi connectivity index (χ3n) is 3.14. The number of hydrogen-bond acceptors (Lipinski definition) is 1. The Morgan fingerprint density at radius 2 is 1.62 bits per heavy atom. The maximum Gasteiger partial charge on any atom is 0.106 e. The molecule has 1 heteroatoms. The highest BCUT2D eigenvalue weighted by Crippen LogP contribution is 2.17. The monoisotopic (exact) mass is 222 g/mol. The lowest BCUT2D eigenvalue weighted by molar-refractivity contribution is 0.487. The van der Waals surface area contributed by atoms with Crippen LogP contribution in [0.15, 0.2) is 16.7 Å². The third kappa shape index (κ3) is 4.87. The zero-order valence-corrected chi connectivity index (χ0v) is 10.9. The first-order chi connectivity index (χ1) is 7.88. The molecule has 0 saturated carbocycles. The van der Waals surface area contributed by atoms with E-state index in [4.69, 9.17) is 4.42 Å². The van der Waals surface area contributed by atoms with Gasteiger partial charge in [0.1, 0.15) is 5.76 Å². The van der Waals surface area contributed by atoms with E-state index < -0.39 is 0 Å². The van der Waals surface area contributed by atoms with Crippen molar-refractivity contribution in [3.8, 4) is 0 Å². The van der Waals surface area contributed by atoms with Crippen LogP contribution in [0.2, 0.25) is 0 Å². The molecule has 16 heavy (non-hydrogen) atoms. The van der Waals surface area contributed by atoms with E-state index in [0.29, 0.717) is 0 Å². The van der Waals surface area contributed by atoms with Crippen LogP contribution in [0.1, 0.15) is 70.1 Å². The minimum atomic E-state index is 1.13. The summed E-state index contributed by atoms with van der Waals surface area (Å²) in [5.74, 6) is 1.24. The number of unbranched alkanes of at least 4 members (excludes halogenated alkanes) is 5. The normalized spacial score (nSPS) is 10.9. The van der Waals surface area contributed by atoms with Gasteiger partial charge in [-0.3, -0.25) is 0 Å². The minimum absolute atomic E-state index is 1.13. The molecule has 92 valence electrons. The molecule has 0 unspecified atom stereocenters. The lowest BCUT2D eigenvalue weighted by atomic mass is 10.0. The van der Waals surface area contributed by atoms with Crippen molar-refractivity contribution in [3.05, 3.63) is 23.7 Å². The van der Waals surface area contributed by atoms with Gasteiger partial charge in [-0.05, 0) is 30.9 Å². The second kappa shape index (κ2) is 8.43. The van der Waals surface area contributed by atoms with E-state index >= 15 is 0 Å². The minimum Gasteiger partial charge on any atom is -0.469 e. The summed E-state index contributed by atoms with van der Waals surface area (Å²) in [4.78, 5) is 0. The molecular weight excluding hydrogens is 196 g/mol. The first kappa shape index (κ1) is 13.3. The average Bonchev–Trinajstić information content (AvgIpc) is 2.74. The molecule has 1 heterocycles. The van der Waals surface area contributed by atoms with Gasteiger partial charge in [0.15, 0.2) is 0 Å². The van der Waals surface area contributed by atoms with Crippen LogP contribution < -0.4 is 0 Å². The van der Waals surface area contributed by atoms with Gasteiger partial charge in [0, 0.05) is 6.42 Å². The van der Waals surface area contributed by atoms with E-state index in [9.17, 15) is 0 Å². The van der Waals surface area contributed by atoms with Crippen molar-refractivity contribution in [2.75, 3.05) is 0 Å². The molecule has 0 amide bonds. The number of furan rings is 1. The summed E-state index contributed by atoms with van der Waals surface area (Å²) in [5.41, 5.74) is 1.44. The first-order valence-corrected chi connectivity index (χ1v) is 6.93. The van der Waals surface area contributed by atoms with Crippen LogP contribution in [-0.2, 0) is 12.8 Å². The molecule has 0 aliphatic carbocycles. The van der Waals surface area contributed by atoms with Crippen LogP contribution >= 0.6 is 0 Å². The van der Waals surface area contributed by atoms with Gasteiger partial charge >= 0.3 is 0 Å². The van der Waals surface area contributed by atoms with E-state index in [0.717, 1.165) is 6.42 Å². The molecule has 0 aliphatic rings. The van der Waals surface area contributed by atoms with E-state index in [1.54, 1.807) is 0 Å². The summed E-state index contributed by atoms with van der Waals surface area (Å²) in [5, 5.41) is 0. The predicted octanol–water partition coefficient (Wildman–Crippen LogP) is 5.14. The Hall–Kier alpha value is -0.720. The Labute approximate surface area is 100 Å². The van der Waals surface area contributed by atoms with Crippen molar-refractivity contribution < 1.29 is 4.42 Å². The highest BCUT2D eigenvalue weighted by atomic mass is 16.3. The standard InChI is InChI=1S/C15H26O/c1-3-5-7-8-9-11-15-14(10-6-4-2)12-13-16-15/h12-13H,3-11H2,1-2H3. The van der Waals surface area contributed by atoms with Crippen molar-refractivity contribution in [1.29, 1.82) is 0 Å². The second-order valence-electron chi connectivity index (χ2n) is 4.64. The van der Waals surface area contributed by atoms with Crippen molar-refractivity contribution in [2.24, 2.45) is 0 Å². The van der Waals surface area contributed by atoms with Gasteiger partial charge in [-0.1, -0.05) is 46.0 Å². The quantitative estimate of drug-likeness (QED) is 0.528. The number of aryl methyl sites for hydroxylation is 2. The SMILES string of the molecule is CCCCCCCc1occc1CCCC. The summed E-state index contributed by atoms with van der Waals surface area (Å²) >= 11 is 0. The lowest BCUT2D eigenvalue weighted by Gasteiger charge is -2.02. The fourth-order valence-electron chi connectivity index (χ4n) is 2.07. The highest BCUT2D eigenvalue weighted by molar-refractivity contribution is 5.17. The fourth-order valence-corrected chi connectivity index (χ4v) is 2.07. The van der Waals surface area contributed by atoms with Gasteiger partial charge in [-0.15, -0.1) is 0 Å². The van der Waals surface area contributed by atoms with Crippen molar-refractivity contribution in [1.82, 2.24) is 0 Å². The van der Waals surface area contributed by atoms with E-state index in [2.05, 4.69) is 19.9 Å². The number of rotatable bonds is 9. The molecule has 0 saturated heterocycles. The smallest absolute Gasteiger partial charge is 0.106 e. The van der Waals surface area contributed by atoms with Crippen molar-refractivity contribution in [2.45, 2.75) is 71.6 Å². The number of hydrogen-bond donors (Lipinski definition) is 0. The first-order valence-electron chi connectivity index (χ1n) is 6.93. The van der Waals surface area contributed by atoms with Crippen LogP contribution in [-0.4, -0.2) is 0 Å². The fraction of sp³-hybridized carbons (Fsp3) is 0.733. The van der Waals surface area contributed by atoms with Crippen LogP contribution in [0.4, 0.5) is 0 Å². The highest BCUT2D eigenvalue weighted by Gasteiger charge is 2.05. The zero-order valence-electron chi connectivity index (χ0n) is 10.9. The molecular formula is C15H26O. The van der Waals surface area contributed by atoms with Crippen molar-refractivity contribution >= 4 is 0 Å². The molecule has 0 fully saturated rings. The molecule has 1 aromatic heterocycles. The third-order valence-corrected chi connectivity index (χ3v) is 3.14. The van der Waals surface area contributed by atoms with Crippen molar-refractivity contribution in [3.63, 3.8) is 0 Å². The maximum absolute atomic E-state index is 5.57. The molecule has 1 rings (SSSR count). The molecule has 0 aromatic carbocycles. The van der Waals surface area contributed by atoms with Crippen LogP contribution in [0.25, 0.3) is 0 Å². The van der Waals surface area contributed by atoms with E-state index in [1.165, 1.54) is 62.7 Å². The molecule has 0 aliphatic heterocycles. The molecule has 0 N–H and O–H groups in total. The Morgan fingerprint density at radius 3 is 2.38 bits per heavy atom. The van der Waals surface area contributed by atoms with Crippen LogP contribution in [0.5, 0.6) is 0 Å². The van der Waals surface area contributed by atoms with Gasteiger partial charge < -0.3 is 4.42 Å². The van der Waals surface area contributed by atoms with Gasteiger partial charge in [0.2, 0.25) is 0 Å². The summed E-state index contributed by atoms with van der Waals surface area (Å²) < 4.78 is 5.57. The molecule has 1 aromatic rings. The molecule has 0 bridgehead atoms. The van der Waals surface area contributed by atoms with Crippen LogP contribution in [0, 0.1) is 0 Å². The summed E-state index contributed by atoms with van der Waals surface area (Å²) in [6.07, 6.45) is 13.4. The zero-order chi connectivity index (χ0) is 11.6. The molecule has 1 nitrogen and oxygen atoms in total. The Morgan fingerprint density at radius 1 is 0.875 bits per heavy atom. The van der Waals surface area contributed by atoms with E-state index in [-0.39, 0.29) is 0 Å². The second-order valence-corrected chi connectivity index (χ2v) is 4.64. The summed E-state index contributed by atoms with van der Waals surface area (Å²) in [7, 11) is 0. The maximum atomic E-state index is 5.57. The van der Waals surface area contributed by atoms with Gasteiger partial charge in [0.05, 0.1) is 6.26 Å². The average molecular weight is 222 g/mol.